The van der Waals surface area contributed by atoms with Crippen LogP contribution in [0.2, 0.25) is 5.02 Å². The summed E-state index contributed by atoms with van der Waals surface area (Å²) in [4.78, 5) is 25.2. The highest BCUT2D eigenvalue weighted by atomic mass is 35.5. The van der Waals surface area contributed by atoms with Crippen molar-refractivity contribution < 1.29 is 9.59 Å². The Kier molecular flexibility index (Phi) is 7.09. The number of benzene rings is 3. The molecule has 0 aliphatic rings. The quantitative estimate of drug-likeness (QED) is 0.392. The van der Waals surface area contributed by atoms with Crippen LogP contribution in [-0.4, -0.2) is 28.1 Å². The standard InChI is InChI=1S/C27H25ClN4O2/c1-18-7-6-8-19(2)26(18)30-25(34)16-29-24(33)15-21-17-32(23-9-4-3-5-10-23)31-27(21)20-11-13-22(28)14-12-20/h3-14,17H,15-16H2,1-2H3,(H,29,33)(H,30,34). The zero-order chi connectivity index (χ0) is 24.1. The maximum atomic E-state index is 12.7. The number of rotatable bonds is 7. The summed E-state index contributed by atoms with van der Waals surface area (Å²) in [6.07, 6.45) is 1.93. The van der Waals surface area contributed by atoms with E-state index in [0.29, 0.717) is 10.7 Å². The third kappa shape index (κ3) is 5.53. The van der Waals surface area contributed by atoms with Crippen LogP contribution >= 0.6 is 11.6 Å². The van der Waals surface area contributed by atoms with E-state index in [9.17, 15) is 9.59 Å². The van der Waals surface area contributed by atoms with Crippen LogP contribution in [0.5, 0.6) is 0 Å². The number of anilines is 1. The molecular weight excluding hydrogens is 448 g/mol. The molecule has 0 fully saturated rings. The third-order valence-electron chi connectivity index (χ3n) is 5.47. The zero-order valence-corrected chi connectivity index (χ0v) is 19.8. The number of nitrogens with zero attached hydrogens (tertiary/aromatic N) is 2. The van der Waals surface area contributed by atoms with Gasteiger partial charge in [0, 0.05) is 28.0 Å². The maximum Gasteiger partial charge on any atom is 0.243 e. The molecule has 0 radical (unpaired) electrons. The largest absolute Gasteiger partial charge is 0.347 e. The lowest BCUT2D eigenvalue weighted by molar-refractivity contribution is -0.123. The number of aryl methyl sites for hydroxylation is 2. The van der Waals surface area contributed by atoms with Crippen molar-refractivity contribution in [2.45, 2.75) is 20.3 Å². The minimum Gasteiger partial charge on any atom is -0.347 e. The van der Waals surface area contributed by atoms with Gasteiger partial charge in [0.1, 0.15) is 0 Å². The minimum absolute atomic E-state index is 0.0848. The molecule has 34 heavy (non-hydrogen) atoms. The Morgan fingerprint density at radius 3 is 2.24 bits per heavy atom. The van der Waals surface area contributed by atoms with Crippen molar-refractivity contribution in [2.75, 3.05) is 11.9 Å². The molecule has 4 aromatic rings. The van der Waals surface area contributed by atoms with Crippen molar-refractivity contribution in [1.82, 2.24) is 15.1 Å². The molecule has 0 saturated heterocycles. The predicted molar refractivity (Wildman–Crippen MR) is 135 cm³/mol. The third-order valence-corrected chi connectivity index (χ3v) is 5.72. The number of para-hydroxylation sites is 2. The van der Waals surface area contributed by atoms with Crippen LogP contribution in [0.4, 0.5) is 5.69 Å². The average Bonchev–Trinajstić information content (AvgIpc) is 3.25. The Morgan fingerprint density at radius 2 is 1.56 bits per heavy atom. The highest BCUT2D eigenvalue weighted by Gasteiger charge is 2.16. The normalized spacial score (nSPS) is 10.7. The Hall–Kier alpha value is -3.90. The van der Waals surface area contributed by atoms with Gasteiger partial charge in [0.2, 0.25) is 11.8 Å². The summed E-state index contributed by atoms with van der Waals surface area (Å²) in [6.45, 7) is 3.75. The molecule has 2 N–H and O–H groups in total. The summed E-state index contributed by atoms with van der Waals surface area (Å²) in [5.74, 6) is -0.539. The van der Waals surface area contributed by atoms with Gasteiger partial charge in [-0.1, -0.05) is 60.1 Å². The van der Waals surface area contributed by atoms with Gasteiger partial charge < -0.3 is 10.6 Å². The van der Waals surface area contributed by atoms with E-state index in [-0.39, 0.29) is 24.8 Å². The van der Waals surface area contributed by atoms with E-state index in [2.05, 4.69) is 10.6 Å². The van der Waals surface area contributed by atoms with Crippen molar-refractivity contribution in [3.63, 3.8) is 0 Å². The van der Waals surface area contributed by atoms with Crippen LogP contribution in [0, 0.1) is 13.8 Å². The van der Waals surface area contributed by atoms with Gasteiger partial charge in [0.15, 0.2) is 0 Å². The molecule has 6 nitrogen and oxygen atoms in total. The van der Waals surface area contributed by atoms with Gasteiger partial charge in [0.05, 0.1) is 24.3 Å². The van der Waals surface area contributed by atoms with Gasteiger partial charge in [0.25, 0.3) is 0 Å². The molecule has 0 aliphatic carbocycles. The molecule has 0 unspecified atom stereocenters. The van der Waals surface area contributed by atoms with Gasteiger partial charge in [-0.05, 0) is 49.2 Å². The number of nitrogens with one attached hydrogen (secondary N) is 2. The molecule has 3 aromatic carbocycles. The predicted octanol–water partition coefficient (Wildman–Crippen LogP) is 5.11. The summed E-state index contributed by atoms with van der Waals surface area (Å²) in [7, 11) is 0. The van der Waals surface area contributed by atoms with E-state index in [1.807, 2.05) is 80.7 Å². The average molecular weight is 473 g/mol. The molecule has 0 saturated carbocycles. The van der Waals surface area contributed by atoms with Crippen molar-refractivity contribution in [3.8, 4) is 16.9 Å². The van der Waals surface area contributed by atoms with Crippen LogP contribution in [0.25, 0.3) is 16.9 Å². The fourth-order valence-corrected chi connectivity index (χ4v) is 3.84. The fourth-order valence-electron chi connectivity index (χ4n) is 3.71. The number of halogens is 1. The lowest BCUT2D eigenvalue weighted by Crippen LogP contribution is -2.34. The lowest BCUT2D eigenvalue weighted by Gasteiger charge is -2.12. The van der Waals surface area contributed by atoms with E-state index in [1.165, 1.54) is 0 Å². The molecule has 0 aliphatic heterocycles. The highest BCUT2D eigenvalue weighted by molar-refractivity contribution is 6.30. The second-order valence-electron chi connectivity index (χ2n) is 8.06. The van der Waals surface area contributed by atoms with Gasteiger partial charge >= 0.3 is 0 Å². The first-order valence-corrected chi connectivity index (χ1v) is 11.3. The Bertz CT molecular complexity index is 1290. The highest BCUT2D eigenvalue weighted by Crippen LogP contribution is 2.26. The van der Waals surface area contributed by atoms with Crippen molar-refractivity contribution in [1.29, 1.82) is 0 Å². The lowest BCUT2D eigenvalue weighted by atomic mass is 10.1. The number of hydrogen-bond donors (Lipinski definition) is 2. The number of hydrogen-bond acceptors (Lipinski definition) is 3. The summed E-state index contributed by atoms with van der Waals surface area (Å²) in [6, 6.07) is 22.8. The van der Waals surface area contributed by atoms with E-state index in [4.69, 9.17) is 16.7 Å². The maximum absolute atomic E-state index is 12.7. The Balaban J connectivity index is 1.48. The van der Waals surface area contributed by atoms with E-state index < -0.39 is 0 Å². The monoisotopic (exact) mass is 472 g/mol. The van der Waals surface area contributed by atoms with Crippen LogP contribution in [0.15, 0.2) is 79.0 Å². The Morgan fingerprint density at radius 1 is 0.882 bits per heavy atom. The second kappa shape index (κ2) is 10.4. The van der Waals surface area contributed by atoms with Crippen molar-refractivity contribution in [2.24, 2.45) is 0 Å². The molecule has 2 amide bonds. The van der Waals surface area contributed by atoms with Crippen LogP contribution in [-0.2, 0) is 16.0 Å². The summed E-state index contributed by atoms with van der Waals surface area (Å²) < 4.78 is 1.75. The molecule has 4 rings (SSSR count). The molecule has 1 heterocycles. The molecule has 1 aromatic heterocycles. The molecule has 172 valence electrons. The van der Waals surface area contributed by atoms with Crippen molar-refractivity contribution >= 4 is 29.1 Å². The first kappa shape index (κ1) is 23.3. The molecule has 0 spiro atoms. The number of carbonyl (C=O) groups is 2. The summed E-state index contributed by atoms with van der Waals surface area (Å²) in [5, 5.41) is 10.9. The smallest absolute Gasteiger partial charge is 0.243 e. The van der Waals surface area contributed by atoms with Crippen LogP contribution in [0.1, 0.15) is 16.7 Å². The number of carbonyl (C=O) groups excluding carboxylic acids is 2. The second-order valence-corrected chi connectivity index (χ2v) is 8.49. The molecule has 7 heteroatoms. The minimum atomic E-state index is -0.274. The van der Waals surface area contributed by atoms with Crippen LogP contribution < -0.4 is 10.6 Å². The first-order chi connectivity index (χ1) is 16.4. The first-order valence-electron chi connectivity index (χ1n) is 10.9. The van der Waals surface area contributed by atoms with E-state index >= 15 is 0 Å². The summed E-state index contributed by atoms with van der Waals surface area (Å²) >= 11 is 6.05. The van der Waals surface area contributed by atoms with Gasteiger partial charge in [-0.15, -0.1) is 0 Å². The Labute approximate surface area is 203 Å². The number of aromatic nitrogens is 2. The van der Waals surface area contributed by atoms with Gasteiger partial charge in [-0.2, -0.15) is 5.10 Å². The number of amides is 2. The SMILES string of the molecule is Cc1cccc(C)c1NC(=O)CNC(=O)Cc1cn(-c2ccccc2)nc1-c1ccc(Cl)cc1. The van der Waals surface area contributed by atoms with Gasteiger partial charge in [-0.25, -0.2) is 4.68 Å². The summed E-state index contributed by atoms with van der Waals surface area (Å²) in [5.41, 5.74) is 5.90. The van der Waals surface area contributed by atoms with E-state index in [1.54, 1.807) is 16.8 Å². The van der Waals surface area contributed by atoms with Gasteiger partial charge in [-0.3, -0.25) is 9.59 Å². The van der Waals surface area contributed by atoms with Crippen molar-refractivity contribution in [3.05, 3.63) is 101 Å². The molecular formula is C27H25ClN4O2. The molecule has 0 bridgehead atoms. The van der Waals surface area contributed by atoms with Crippen LogP contribution in [0.3, 0.4) is 0 Å². The topological polar surface area (TPSA) is 76.0 Å². The fraction of sp³-hybridized carbons (Fsp3) is 0.148. The van der Waals surface area contributed by atoms with E-state index in [0.717, 1.165) is 33.6 Å². The zero-order valence-electron chi connectivity index (χ0n) is 19.0. The molecule has 0 atom stereocenters.